The summed E-state index contributed by atoms with van der Waals surface area (Å²) in [5.74, 6) is 0. The van der Waals surface area contributed by atoms with Gasteiger partial charge in [-0.2, -0.15) is 0 Å². The number of nitrogens with zero attached hydrogens (tertiary/aromatic N) is 1. The number of thiazole rings is 1. The molecule has 3 nitrogen and oxygen atoms in total. The molecule has 1 atom stereocenters. The van der Waals surface area contributed by atoms with Crippen molar-refractivity contribution in [1.82, 2.24) is 4.98 Å². The van der Waals surface area contributed by atoms with E-state index in [1.165, 1.54) is 0 Å². The van der Waals surface area contributed by atoms with Crippen molar-refractivity contribution in [3.63, 3.8) is 0 Å². The highest BCUT2D eigenvalue weighted by Gasteiger charge is 2.18. The normalized spacial score (nSPS) is 13.2. The van der Waals surface area contributed by atoms with Crippen LogP contribution >= 0.6 is 11.3 Å². The summed E-state index contributed by atoms with van der Waals surface area (Å²) in [5, 5.41) is 16.4. The van der Waals surface area contributed by atoms with Crippen molar-refractivity contribution in [2.45, 2.75) is 45.8 Å². The van der Waals surface area contributed by atoms with Gasteiger partial charge < -0.3 is 10.4 Å². The van der Waals surface area contributed by atoms with Crippen LogP contribution in [0.15, 0.2) is 29.6 Å². The monoisotopic (exact) mass is 290 g/mol. The summed E-state index contributed by atoms with van der Waals surface area (Å²) in [6.07, 6.45) is -0.473. The van der Waals surface area contributed by atoms with Crippen LogP contribution in [0.1, 0.15) is 50.1 Å². The van der Waals surface area contributed by atoms with Gasteiger partial charge in [-0.1, -0.05) is 39.0 Å². The fraction of sp³-hybridized carbons (Fsp3) is 0.438. The molecule has 2 rings (SSSR count). The lowest BCUT2D eigenvalue weighted by Crippen LogP contribution is -2.11. The van der Waals surface area contributed by atoms with E-state index in [-0.39, 0.29) is 5.41 Å². The number of para-hydroxylation sites is 1. The SMILES string of the molecule is CC(O)c1ccccc1NCc1csc(C(C)(C)C)n1. The number of aliphatic hydroxyl groups is 1. The van der Waals surface area contributed by atoms with Crippen molar-refractivity contribution in [2.75, 3.05) is 5.32 Å². The molecule has 0 aliphatic heterocycles. The first kappa shape index (κ1) is 15.0. The van der Waals surface area contributed by atoms with Crippen molar-refractivity contribution in [1.29, 1.82) is 0 Å². The fourth-order valence-corrected chi connectivity index (χ4v) is 2.85. The van der Waals surface area contributed by atoms with Crippen LogP contribution in [0, 0.1) is 0 Å². The van der Waals surface area contributed by atoms with E-state index in [2.05, 4.69) is 36.5 Å². The van der Waals surface area contributed by atoms with Crippen LogP contribution in [0.25, 0.3) is 0 Å². The summed E-state index contributed by atoms with van der Waals surface area (Å²) < 4.78 is 0. The van der Waals surface area contributed by atoms with Gasteiger partial charge in [0.2, 0.25) is 0 Å². The molecule has 0 bridgehead atoms. The van der Waals surface area contributed by atoms with Crippen molar-refractivity contribution < 1.29 is 5.11 Å². The van der Waals surface area contributed by atoms with Gasteiger partial charge in [0.15, 0.2) is 0 Å². The maximum Gasteiger partial charge on any atom is 0.0982 e. The molecule has 4 heteroatoms. The molecule has 0 amide bonds. The first-order chi connectivity index (χ1) is 9.38. The van der Waals surface area contributed by atoms with Crippen molar-refractivity contribution in [3.05, 3.63) is 45.9 Å². The standard InChI is InChI=1S/C16H22N2OS/c1-11(19)13-7-5-6-8-14(13)17-9-12-10-20-15(18-12)16(2,3)4/h5-8,10-11,17,19H,9H2,1-4H3. The first-order valence-electron chi connectivity index (χ1n) is 6.83. The third-order valence-electron chi connectivity index (χ3n) is 3.06. The number of benzene rings is 1. The second kappa shape index (κ2) is 5.94. The number of hydrogen-bond donors (Lipinski definition) is 2. The molecule has 0 fully saturated rings. The predicted molar refractivity (Wildman–Crippen MR) is 85.2 cm³/mol. The second-order valence-corrected chi connectivity index (χ2v) is 6.87. The number of aromatic nitrogens is 1. The molecule has 1 aromatic carbocycles. The second-order valence-electron chi connectivity index (χ2n) is 6.01. The van der Waals surface area contributed by atoms with Gasteiger partial charge in [0.25, 0.3) is 0 Å². The minimum atomic E-state index is -0.473. The molecule has 20 heavy (non-hydrogen) atoms. The molecule has 0 radical (unpaired) electrons. The zero-order valence-corrected chi connectivity index (χ0v) is 13.3. The number of nitrogens with one attached hydrogen (secondary N) is 1. The van der Waals surface area contributed by atoms with Crippen LogP contribution in [-0.2, 0) is 12.0 Å². The Labute approximate surface area is 124 Å². The van der Waals surface area contributed by atoms with E-state index in [4.69, 9.17) is 0 Å². The van der Waals surface area contributed by atoms with E-state index in [1.807, 2.05) is 24.3 Å². The minimum absolute atomic E-state index is 0.0977. The largest absolute Gasteiger partial charge is 0.389 e. The number of aliphatic hydroxyl groups excluding tert-OH is 1. The van der Waals surface area contributed by atoms with Gasteiger partial charge in [-0.25, -0.2) is 4.98 Å². The molecular weight excluding hydrogens is 268 g/mol. The Balaban J connectivity index is 2.08. The summed E-state index contributed by atoms with van der Waals surface area (Å²) >= 11 is 1.70. The van der Waals surface area contributed by atoms with Crippen LogP contribution in [0.4, 0.5) is 5.69 Å². The molecule has 1 heterocycles. The Bertz CT molecular complexity index is 570. The van der Waals surface area contributed by atoms with Gasteiger partial charge in [-0.05, 0) is 13.0 Å². The van der Waals surface area contributed by atoms with E-state index >= 15 is 0 Å². The smallest absolute Gasteiger partial charge is 0.0982 e. The van der Waals surface area contributed by atoms with Crippen LogP contribution < -0.4 is 5.32 Å². The minimum Gasteiger partial charge on any atom is -0.389 e. The van der Waals surface area contributed by atoms with Crippen LogP contribution in [0.2, 0.25) is 0 Å². The lowest BCUT2D eigenvalue weighted by Gasteiger charge is -2.14. The third kappa shape index (κ3) is 3.58. The molecule has 108 valence electrons. The lowest BCUT2D eigenvalue weighted by atomic mass is 9.98. The Morgan fingerprint density at radius 3 is 2.60 bits per heavy atom. The molecule has 2 N–H and O–H groups in total. The van der Waals surface area contributed by atoms with Crippen LogP contribution in [0.5, 0.6) is 0 Å². The quantitative estimate of drug-likeness (QED) is 0.891. The Hall–Kier alpha value is -1.39. The zero-order valence-electron chi connectivity index (χ0n) is 12.5. The maximum absolute atomic E-state index is 9.76. The highest BCUT2D eigenvalue weighted by atomic mass is 32.1. The molecular formula is C16H22N2OS. The van der Waals surface area contributed by atoms with Gasteiger partial charge in [0.1, 0.15) is 0 Å². The van der Waals surface area contributed by atoms with Crippen molar-refractivity contribution in [2.24, 2.45) is 0 Å². The molecule has 0 aliphatic carbocycles. The van der Waals surface area contributed by atoms with Crippen LogP contribution in [0.3, 0.4) is 0 Å². The first-order valence-corrected chi connectivity index (χ1v) is 7.71. The molecule has 0 spiro atoms. The van der Waals surface area contributed by atoms with Crippen molar-refractivity contribution in [3.8, 4) is 0 Å². The third-order valence-corrected chi connectivity index (χ3v) is 4.38. The predicted octanol–water partition coefficient (Wildman–Crippen LogP) is 4.11. The fourth-order valence-electron chi connectivity index (χ4n) is 1.94. The molecule has 0 saturated carbocycles. The van der Waals surface area contributed by atoms with E-state index in [9.17, 15) is 5.11 Å². The lowest BCUT2D eigenvalue weighted by molar-refractivity contribution is 0.200. The topological polar surface area (TPSA) is 45.1 Å². The van der Waals surface area contributed by atoms with E-state index < -0.39 is 6.10 Å². The van der Waals surface area contributed by atoms with Gasteiger partial charge >= 0.3 is 0 Å². The summed E-state index contributed by atoms with van der Waals surface area (Å²) in [5.41, 5.74) is 3.02. The highest BCUT2D eigenvalue weighted by molar-refractivity contribution is 7.09. The van der Waals surface area contributed by atoms with Crippen LogP contribution in [-0.4, -0.2) is 10.1 Å². The summed E-state index contributed by atoms with van der Waals surface area (Å²) in [7, 11) is 0. The summed E-state index contributed by atoms with van der Waals surface area (Å²) in [6, 6.07) is 7.83. The molecule has 0 aliphatic rings. The number of anilines is 1. The van der Waals surface area contributed by atoms with E-state index in [0.717, 1.165) is 22.0 Å². The molecule has 0 saturated heterocycles. The van der Waals surface area contributed by atoms with Gasteiger partial charge in [0, 0.05) is 22.0 Å². The summed E-state index contributed by atoms with van der Waals surface area (Å²) in [4.78, 5) is 4.66. The number of hydrogen-bond acceptors (Lipinski definition) is 4. The van der Waals surface area contributed by atoms with Crippen molar-refractivity contribution >= 4 is 17.0 Å². The zero-order chi connectivity index (χ0) is 14.8. The summed E-state index contributed by atoms with van der Waals surface area (Å²) in [6.45, 7) is 8.97. The highest BCUT2D eigenvalue weighted by Crippen LogP contribution is 2.27. The van der Waals surface area contributed by atoms with Gasteiger partial charge in [-0.15, -0.1) is 11.3 Å². The number of rotatable bonds is 4. The molecule has 1 aromatic heterocycles. The molecule has 2 aromatic rings. The Kier molecular flexibility index (Phi) is 4.45. The van der Waals surface area contributed by atoms with E-state index in [0.29, 0.717) is 6.54 Å². The average Bonchev–Trinajstić information content (AvgIpc) is 2.85. The van der Waals surface area contributed by atoms with Gasteiger partial charge in [0.05, 0.1) is 23.4 Å². The van der Waals surface area contributed by atoms with E-state index in [1.54, 1.807) is 18.3 Å². The molecule has 1 unspecified atom stereocenters. The Morgan fingerprint density at radius 1 is 1.30 bits per heavy atom. The maximum atomic E-state index is 9.76. The Morgan fingerprint density at radius 2 is 2.00 bits per heavy atom. The van der Waals surface area contributed by atoms with Gasteiger partial charge in [-0.3, -0.25) is 0 Å². The average molecular weight is 290 g/mol.